The summed E-state index contributed by atoms with van der Waals surface area (Å²) in [6, 6.07) is 14.0. The van der Waals surface area contributed by atoms with Gasteiger partial charge in [0.25, 0.3) is 0 Å². The van der Waals surface area contributed by atoms with Gasteiger partial charge < -0.3 is 24.1 Å². The van der Waals surface area contributed by atoms with E-state index in [1.807, 2.05) is 43.3 Å². The van der Waals surface area contributed by atoms with E-state index in [1.54, 1.807) is 39.5 Å². The van der Waals surface area contributed by atoms with Crippen LogP contribution in [-0.4, -0.2) is 39.3 Å². The van der Waals surface area contributed by atoms with Crippen molar-refractivity contribution < 1.29 is 28.8 Å². The highest BCUT2D eigenvalue weighted by molar-refractivity contribution is 6.09. The Labute approximate surface area is 199 Å². The second-order valence-electron chi connectivity index (χ2n) is 7.42. The summed E-state index contributed by atoms with van der Waals surface area (Å²) in [6.45, 7) is 1.94. The van der Waals surface area contributed by atoms with E-state index < -0.39 is 0 Å². The van der Waals surface area contributed by atoms with Gasteiger partial charge in [0.15, 0.2) is 5.78 Å². The molecule has 0 saturated heterocycles. The van der Waals surface area contributed by atoms with Gasteiger partial charge in [0, 0.05) is 11.6 Å². The zero-order valence-electron chi connectivity index (χ0n) is 19.9. The van der Waals surface area contributed by atoms with Crippen LogP contribution in [0.5, 0.6) is 28.7 Å². The number of aromatic hydroxyl groups is 1. The van der Waals surface area contributed by atoms with Gasteiger partial charge in [-0.1, -0.05) is 24.3 Å². The Morgan fingerprint density at radius 2 is 1.38 bits per heavy atom. The highest BCUT2D eigenvalue weighted by Gasteiger charge is 2.15. The molecule has 0 atom stereocenters. The van der Waals surface area contributed by atoms with Gasteiger partial charge in [0.2, 0.25) is 0 Å². The molecule has 0 aliphatic heterocycles. The lowest BCUT2D eigenvalue weighted by Gasteiger charge is -2.15. The Hall–Kier alpha value is -4.19. The molecule has 0 amide bonds. The summed E-state index contributed by atoms with van der Waals surface area (Å²) in [4.78, 5) is 12.9. The smallest absolute Gasteiger partial charge is 0.189 e. The monoisotopic (exact) mass is 460 g/mol. The van der Waals surface area contributed by atoms with E-state index in [0.29, 0.717) is 22.8 Å². The number of rotatable bonds is 9. The van der Waals surface area contributed by atoms with Crippen LogP contribution in [0.4, 0.5) is 0 Å². The molecule has 0 saturated carbocycles. The van der Waals surface area contributed by atoms with Crippen molar-refractivity contribution in [3.63, 3.8) is 0 Å². The van der Waals surface area contributed by atoms with E-state index in [0.717, 1.165) is 22.4 Å². The average molecular weight is 461 g/mol. The third kappa shape index (κ3) is 5.41. The van der Waals surface area contributed by atoms with Gasteiger partial charge in [0.05, 0.1) is 34.0 Å². The first-order chi connectivity index (χ1) is 16.4. The highest BCUT2D eigenvalue weighted by atomic mass is 16.5. The number of methoxy groups -OCH3 is 4. The van der Waals surface area contributed by atoms with Crippen LogP contribution < -0.4 is 18.9 Å². The Balaban J connectivity index is 2.05. The van der Waals surface area contributed by atoms with Crippen LogP contribution in [0.1, 0.15) is 32.6 Å². The molecule has 6 heteroatoms. The molecular weight excluding hydrogens is 432 g/mol. The fraction of sp³-hybridized carbons (Fsp3) is 0.179. The largest absolute Gasteiger partial charge is 0.507 e. The lowest BCUT2D eigenvalue weighted by Crippen LogP contribution is -1.99. The molecule has 0 heterocycles. The number of hydrogen-bond donors (Lipinski definition) is 1. The van der Waals surface area contributed by atoms with Crippen molar-refractivity contribution >= 4 is 24.0 Å². The number of benzene rings is 3. The van der Waals surface area contributed by atoms with E-state index >= 15 is 0 Å². The highest BCUT2D eigenvalue weighted by Crippen LogP contribution is 2.36. The number of allylic oxidation sites excluding steroid dienone is 1. The second kappa shape index (κ2) is 11.1. The minimum atomic E-state index is -0.364. The van der Waals surface area contributed by atoms with E-state index in [9.17, 15) is 9.90 Å². The van der Waals surface area contributed by atoms with E-state index in [-0.39, 0.29) is 17.1 Å². The molecule has 0 aromatic heterocycles. The molecule has 176 valence electrons. The van der Waals surface area contributed by atoms with Gasteiger partial charge in [-0.15, -0.1) is 0 Å². The normalized spacial score (nSPS) is 11.1. The average Bonchev–Trinajstić information content (AvgIpc) is 2.87. The molecule has 0 spiro atoms. The SMILES string of the molecule is COc1ccc(/C=C/c2c(C)c(OC)cc(OC)c2/C=C/C(=O)c2cc(OC)ccc2O)cc1. The Morgan fingerprint density at radius 3 is 2.00 bits per heavy atom. The minimum absolute atomic E-state index is 0.118. The van der Waals surface area contributed by atoms with Crippen LogP contribution in [0.15, 0.2) is 54.6 Å². The van der Waals surface area contributed by atoms with Crippen LogP contribution in [0.25, 0.3) is 18.2 Å². The quantitative estimate of drug-likeness (QED) is 0.247. The number of ketones is 1. The standard InChI is InChI=1S/C28H28O6/c1-18-22(12-8-19-6-9-20(31-2)10-7-19)23(28(34-5)17-27(18)33-4)13-15-26(30)24-16-21(32-3)11-14-25(24)29/h6-17,29H,1-5H3/b12-8+,15-13+. The lowest BCUT2D eigenvalue weighted by molar-refractivity contribution is 0.104. The predicted octanol–water partition coefficient (Wildman–Crippen LogP) is 5.80. The summed E-state index contributed by atoms with van der Waals surface area (Å²) in [5.41, 5.74) is 3.57. The van der Waals surface area contributed by atoms with Crippen LogP contribution in [0.2, 0.25) is 0 Å². The summed E-state index contributed by atoms with van der Waals surface area (Å²) < 4.78 is 21.5. The van der Waals surface area contributed by atoms with Gasteiger partial charge in [0.1, 0.15) is 28.7 Å². The molecular formula is C28H28O6. The number of hydrogen-bond acceptors (Lipinski definition) is 6. The van der Waals surface area contributed by atoms with Gasteiger partial charge in [-0.25, -0.2) is 0 Å². The first-order valence-electron chi connectivity index (χ1n) is 10.6. The summed E-state index contributed by atoms with van der Waals surface area (Å²) in [5.74, 6) is 2.00. The number of ether oxygens (including phenoxy) is 4. The number of carbonyl (C=O) groups excluding carboxylic acids is 1. The van der Waals surface area contributed by atoms with Gasteiger partial charge in [-0.05, 0) is 66.1 Å². The maximum absolute atomic E-state index is 12.9. The van der Waals surface area contributed by atoms with Crippen molar-refractivity contribution in [1.29, 1.82) is 0 Å². The fourth-order valence-electron chi connectivity index (χ4n) is 3.52. The molecule has 0 bridgehead atoms. The fourth-order valence-corrected chi connectivity index (χ4v) is 3.52. The van der Waals surface area contributed by atoms with E-state index in [2.05, 4.69) is 0 Å². The Morgan fingerprint density at radius 1 is 0.735 bits per heavy atom. The molecule has 0 fully saturated rings. The first-order valence-corrected chi connectivity index (χ1v) is 10.6. The zero-order valence-corrected chi connectivity index (χ0v) is 19.9. The molecule has 0 radical (unpaired) electrons. The van der Waals surface area contributed by atoms with Gasteiger partial charge in [-0.3, -0.25) is 4.79 Å². The number of phenolic OH excluding ortho intramolecular Hbond substituents is 1. The molecule has 6 nitrogen and oxygen atoms in total. The van der Waals surface area contributed by atoms with Crippen molar-refractivity contribution in [1.82, 2.24) is 0 Å². The van der Waals surface area contributed by atoms with E-state index in [4.69, 9.17) is 18.9 Å². The van der Waals surface area contributed by atoms with Crippen LogP contribution in [0, 0.1) is 6.92 Å². The summed E-state index contributed by atoms with van der Waals surface area (Å²) >= 11 is 0. The zero-order chi connectivity index (χ0) is 24.7. The van der Waals surface area contributed by atoms with E-state index in [1.165, 1.54) is 25.3 Å². The second-order valence-corrected chi connectivity index (χ2v) is 7.42. The first kappa shape index (κ1) is 24.5. The third-order valence-corrected chi connectivity index (χ3v) is 5.46. The van der Waals surface area contributed by atoms with Gasteiger partial charge in [-0.2, -0.15) is 0 Å². The molecule has 34 heavy (non-hydrogen) atoms. The van der Waals surface area contributed by atoms with Crippen molar-refractivity contribution in [2.45, 2.75) is 6.92 Å². The molecule has 0 unspecified atom stereocenters. The van der Waals surface area contributed by atoms with Crippen molar-refractivity contribution in [2.75, 3.05) is 28.4 Å². The molecule has 0 aliphatic rings. The molecule has 0 aliphatic carbocycles. The third-order valence-electron chi connectivity index (χ3n) is 5.46. The summed E-state index contributed by atoms with van der Waals surface area (Å²) in [5, 5.41) is 10.1. The summed E-state index contributed by atoms with van der Waals surface area (Å²) in [6.07, 6.45) is 7.01. The van der Waals surface area contributed by atoms with Crippen molar-refractivity contribution in [3.05, 3.63) is 82.4 Å². The minimum Gasteiger partial charge on any atom is -0.507 e. The Bertz CT molecular complexity index is 1220. The molecule has 1 N–H and O–H groups in total. The van der Waals surface area contributed by atoms with Crippen molar-refractivity contribution in [2.24, 2.45) is 0 Å². The van der Waals surface area contributed by atoms with Gasteiger partial charge >= 0.3 is 0 Å². The number of carbonyl (C=O) groups is 1. The maximum Gasteiger partial charge on any atom is 0.189 e. The number of phenols is 1. The van der Waals surface area contributed by atoms with Crippen LogP contribution in [0.3, 0.4) is 0 Å². The Kier molecular flexibility index (Phi) is 7.98. The van der Waals surface area contributed by atoms with Crippen molar-refractivity contribution in [3.8, 4) is 28.7 Å². The molecule has 3 aromatic rings. The van der Waals surface area contributed by atoms with Crippen LogP contribution in [-0.2, 0) is 0 Å². The molecule has 3 aromatic carbocycles. The topological polar surface area (TPSA) is 74.2 Å². The van der Waals surface area contributed by atoms with Crippen LogP contribution >= 0.6 is 0 Å². The molecule has 3 rings (SSSR count). The predicted molar refractivity (Wildman–Crippen MR) is 134 cm³/mol. The maximum atomic E-state index is 12.9. The lowest BCUT2D eigenvalue weighted by atomic mass is 9.97. The summed E-state index contributed by atoms with van der Waals surface area (Å²) in [7, 11) is 6.29.